The SMILES string of the molecule is O=Cc1cc(F)c(OC(F)F)c(Cl)c1. The Balaban J connectivity index is 3.11. The quantitative estimate of drug-likeness (QED) is 0.738. The van der Waals surface area contributed by atoms with Crippen molar-refractivity contribution in [1.82, 2.24) is 0 Å². The lowest BCUT2D eigenvalue weighted by Gasteiger charge is -2.07. The molecule has 14 heavy (non-hydrogen) atoms. The molecule has 0 fully saturated rings. The Morgan fingerprint density at radius 2 is 2.07 bits per heavy atom. The predicted molar refractivity (Wildman–Crippen MR) is 43.4 cm³/mol. The lowest BCUT2D eigenvalue weighted by atomic mass is 10.2. The van der Waals surface area contributed by atoms with Gasteiger partial charge in [0.15, 0.2) is 11.6 Å². The zero-order valence-corrected chi connectivity index (χ0v) is 7.39. The molecule has 0 spiro atoms. The van der Waals surface area contributed by atoms with Gasteiger partial charge < -0.3 is 4.74 Å². The van der Waals surface area contributed by atoms with Gasteiger partial charge in [-0.3, -0.25) is 4.79 Å². The maximum absolute atomic E-state index is 13.0. The third kappa shape index (κ3) is 2.38. The molecule has 0 N–H and O–H groups in total. The highest BCUT2D eigenvalue weighted by molar-refractivity contribution is 6.32. The number of benzene rings is 1. The largest absolute Gasteiger partial charge is 0.430 e. The van der Waals surface area contributed by atoms with Crippen LogP contribution in [-0.4, -0.2) is 12.9 Å². The van der Waals surface area contributed by atoms with Crippen LogP contribution in [0.15, 0.2) is 12.1 Å². The van der Waals surface area contributed by atoms with Crippen molar-refractivity contribution < 1.29 is 22.7 Å². The molecule has 0 aliphatic rings. The summed E-state index contributed by atoms with van der Waals surface area (Å²) in [4.78, 5) is 10.2. The van der Waals surface area contributed by atoms with Crippen molar-refractivity contribution in [3.05, 3.63) is 28.5 Å². The molecular formula is C8H4ClF3O2. The molecule has 0 radical (unpaired) electrons. The van der Waals surface area contributed by atoms with Gasteiger partial charge in [0.05, 0.1) is 5.02 Å². The number of alkyl halides is 2. The number of rotatable bonds is 3. The highest BCUT2D eigenvalue weighted by Gasteiger charge is 2.15. The number of hydrogen-bond donors (Lipinski definition) is 0. The normalized spacial score (nSPS) is 10.4. The van der Waals surface area contributed by atoms with Crippen LogP contribution in [-0.2, 0) is 0 Å². The monoisotopic (exact) mass is 224 g/mol. The molecule has 1 aromatic rings. The first-order valence-corrected chi connectivity index (χ1v) is 3.81. The molecule has 0 aromatic heterocycles. The Bertz CT molecular complexity index is 331. The van der Waals surface area contributed by atoms with E-state index in [1.807, 2.05) is 0 Å². The summed E-state index contributed by atoms with van der Waals surface area (Å²) in [6.07, 6.45) is 0.348. The van der Waals surface area contributed by atoms with E-state index in [2.05, 4.69) is 4.74 Å². The Morgan fingerprint density at radius 1 is 1.43 bits per heavy atom. The van der Waals surface area contributed by atoms with E-state index < -0.39 is 18.2 Å². The molecule has 1 aromatic carbocycles. The zero-order valence-electron chi connectivity index (χ0n) is 6.64. The van der Waals surface area contributed by atoms with Gasteiger partial charge in [-0.15, -0.1) is 0 Å². The van der Waals surface area contributed by atoms with Crippen LogP contribution in [0, 0.1) is 5.82 Å². The third-order valence-electron chi connectivity index (χ3n) is 1.36. The van der Waals surface area contributed by atoms with Crippen molar-refractivity contribution in [2.24, 2.45) is 0 Å². The number of hydrogen-bond acceptors (Lipinski definition) is 2. The van der Waals surface area contributed by atoms with Crippen molar-refractivity contribution in [3.63, 3.8) is 0 Å². The average Bonchev–Trinajstić information content (AvgIpc) is 2.10. The van der Waals surface area contributed by atoms with E-state index in [-0.39, 0.29) is 10.6 Å². The second-order valence-electron chi connectivity index (χ2n) is 2.31. The second-order valence-corrected chi connectivity index (χ2v) is 2.72. The topological polar surface area (TPSA) is 26.3 Å². The van der Waals surface area contributed by atoms with E-state index in [9.17, 15) is 18.0 Å². The standard InChI is InChI=1S/C8H4ClF3O2/c9-5-1-4(3-13)2-6(10)7(5)14-8(11)12/h1-3,8H. The van der Waals surface area contributed by atoms with Crippen molar-refractivity contribution in [2.45, 2.75) is 6.61 Å². The summed E-state index contributed by atoms with van der Waals surface area (Å²) in [5.41, 5.74) is -0.0471. The molecule has 0 bridgehead atoms. The molecule has 0 heterocycles. The van der Waals surface area contributed by atoms with E-state index in [1.165, 1.54) is 0 Å². The molecule has 0 unspecified atom stereocenters. The number of aldehydes is 1. The van der Waals surface area contributed by atoms with Crippen LogP contribution in [0.3, 0.4) is 0 Å². The Kier molecular flexibility index (Phi) is 3.35. The first-order chi connectivity index (χ1) is 6.54. The van der Waals surface area contributed by atoms with Crippen LogP contribution in [0.25, 0.3) is 0 Å². The number of carbonyl (C=O) groups is 1. The van der Waals surface area contributed by atoms with Crippen LogP contribution >= 0.6 is 11.6 Å². The Labute approximate surface area is 82.2 Å². The molecular weight excluding hydrogens is 221 g/mol. The summed E-state index contributed by atoms with van der Waals surface area (Å²) in [6, 6.07) is 1.80. The van der Waals surface area contributed by atoms with Gasteiger partial charge in [-0.25, -0.2) is 4.39 Å². The van der Waals surface area contributed by atoms with Crippen molar-refractivity contribution in [2.75, 3.05) is 0 Å². The van der Waals surface area contributed by atoms with Crippen molar-refractivity contribution in [1.29, 1.82) is 0 Å². The van der Waals surface area contributed by atoms with Crippen molar-refractivity contribution >= 4 is 17.9 Å². The molecule has 0 saturated heterocycles. The smallest absolute Gasteiger partial charge is 0.387 e. The second kappa shape index (κ2) is 4.32. The van der Waals surface area contributed by atoms with Crippen LogP contribution in [0.1, 0.15) is 10.4 Å². The fraction of sp³-hybridized carbons (Fsp3) is 0.125. The summed E-state index contributed by atoms with van der Waals surface area (Å²) >= 11 is 5.40. The molecule has 0 atom stereocenters. The van der Waals surface area contributed by atoms with E-state index in [0.29, 0.717) is 6.29 Å². The molecule has 0 aliphatic heterocycles. The minimum Gasteiger partial charge on any atom is -0.430 e. The van der Waals surface area contributed by atoms with Gasteiger partial charge in [0.1, 0.15) is 6.29 Å². The Morgan fingerprint density at radius 3 is 2.50 bits per heavy atom. The summed E-state index contributed by atoms with van der Waals surface area (Å²) in [7, 11) is 0. The summed E-state index contributed by atoms with van der Waals surface area (Å²) in [5, 5.41) is -0.368. The summed E-state index contributed by atoms with van der Waals surface area (Å²) in [5.74, 6) is -1.85. The molecule has 1 rings (SSSR count). The number of halogens is 4. The molecule has 0 amide bonds. The molecule has 0 aliphatic carbocycles. The van der Waals surface area contributed by atoms with Crippen LogP contribution in [0.2, 0.25) is 5.02 Å². The first-order valence-electron chi connectivity index (χ1n) is 3.43. The van der Waals surface area contributed by atoms with Gasteiger partial charge >= 0.3 is 6.61 Å². The van der Waals surface area contributed by atoms with Crippen LogP contribution < -0.4 is 4.74 Å². The first kappa shape index (κ1) is 10.8. The van der Waals surface area contributed by atoms with Gasteiger partial charge in [0.2, 0.25) is 0 Å². The maximum atomic E-state index is 13.0. The zero-order chi connectivity index (χ0) is 10.7. The summed E-state index contributed by atoms with van der Waals surface area (Å²) < 4.78 is 40.3. The van der Waals surface area contributed by atoms with Gasteiger partial charge in [0.25, 0.3) is 0 Å². The third-order valence-corrected chi connectivity index (χ3v) is 1.64. The van der Waals surface area contributed by atoms with Gasteiger partial charge in [-0.1, -0.05) is 11.6 Å². The number of carbonyl (C=O) groups excluding carboxylic acids is 1. The molecule has 6 heteroatoms. The maximum Gasteiger partial charge on any atom is 0.387 e. The highest BCUT2D eigenvalue weighted by atomic mass is 35.5. The van der Waals surface area contributed by atoms with Gasteiger partial charge in [-0.05, 0) is 12.1 Å². The van der Waals surface area contributed by atoms with E-state index in [1.54, 1.807) is 0 Å². The fourth-order valence-corrected chi connectivity index (χ4v) is 1.11. The number of ether oxygens (including phenoxy) is 1. The van der Waals surface area contributed by atoms with Gasteiger partial charge in [-0.2, -0.15) is 8.78 Å². The predicted octanol–water partition coefficient (Wildman–Crippen LogP) is 2.89. The fourth-order valence-electron chi connectivity index (χ4n) is 0.849. The van der Waals surface area contributed by atoms with E-state index in [4.69, 9.17) is 11.6 Å². The van der Waals surface area contributed by atoms with E-state index >= 15 is 0 Å². The molecule has 2 nitrogen and oxygen atoms in total. The minimum absolute atomic E-state index is 0.0471. The van der Waals surface area contributed by atoms with Crippen LogP contribution in [0.4, 0.5) is 13.2 Å². The lowest BCUT2D eigenvalue weighted by molar-refractivity contribution is -0.0521. The molecule has 76 valence electrons. The molecule has 0 saturated carbocycles. The van der Waals surface area contributed by atoms with Crippen molar-refractivity contribution in [3.8, 4) is 5.75 Å². The lowest BCUT2D eigenvalue weighted by Crippen LogP contribution is -2.04. The summed E-state index contributed by atoms with van der Waals surface area (Å²) in [6.45, 7) is -3.16. The van der Waals surface area contributed by atoms with Gasteiger partial charge in [0, 0.05) is 5.56 Å². The van der Waals surface area contributed by atoms with Crippen LogP contribution in [0.5, 0.6) is 5.75 Å². The van der Waals surface area contributed by atoms with E-state index in [0.717, 1.165) is 12.1 Å². The minimum atomic E-state index is -3.16. The average molecular weight is 225 g/mol. The Hall–Kier alpha value is -1.23. The highest BCUT2D eigenvalue weighted by Crippen LogP contribution is 2.30.